The minimum Gasteiger partial charge on any atom is -0.306 e. The molecule has 0 radical (unpaired) electrons. The molecule has 0 fully saturated rings. The van der Waals surface area contributed by atoms with Gasteiger partial charge >= 0.3 is 0 Å². The van der Waals surface area contributed by atoms with Crippen LogP contribution in [0.2, 0.25) is 0 Å². The number of allylic oxidation sites excluding steroid dienone is 1. The molecular weight excluding hydrogens is 288 g/mol. The third-order valence-electron chi connectivity index (χ3n) is 3.10. The lowest BCUT2D eigenvalue weighted by molar-refractivity contribution is -0.122. The lowest BCUT2D eigenvalue weighted by atomic mass is 10.1. The van der Waals surface area contributed by atoms with E-state index in [0.29, 0.717) is 5.84 Å². The Morgan fingerprint density at radius 1 is 1.35 bits per heavy atom. The average molecular weight is 306 g/mol. The summed E-state index contributed by atoms with van der Waals surface area (Å²) in [5.74, 6) is 6.46. The van der Waals surface area contributed by atoms with E-state index >= 15 is 0 Å². The molecule has 1 amide bonds. The summed E-state index contributed by atoms with van der Waals surface area (Å²) >= 11 is 0. The summed E-state index contributed by atoms with van der Waals surface area (Å²) in [6.07, 6.45) is 1.58. The van der Waals surface area contributed by atoms with Gasteiger partial charge in [0.05, 0.1) is 0 Å². The van der Waals surface area contributed by atoms with E-state index in [1.54, 1.807) is 20.0 Å². The van der Waals surface area contributed by atoms with Gasteiger partial charge in [0.1, 0.15) is 5.54 Å². The summed E-state index contributed by atoms with van der Waals surface area (Å²) in [6.45, 7) is 8.77. The van der Waals surface area contributed by atoms with E-state index in [4.69, 9.17) is 0 Å². The highest BCUT2D eigenvalue weighted by molar-refractivity contribution is 6.45. The monoisotopic (exact) mass is 306 g/mol. The van der Waals surface area contributed by atoms with Crippen LogP contribution in [-0.4, -0.2) is 29.8 Å². The Morgan fingerprint density at radius 2 is 2.04 bits per heavy atom. The fourth-order valence-electron chi connectivity index (χ4n) is 1.78. The van der Waals surface area contributed by atoms with Crippen molar-refractivity contribution < 1.29 is 4.79 Å². The van der Waals surface area contributed by atoms with Crippen LogP contribution in [0.25, 0.3) is 0 Å². The second-order valence-corrected chi connectivity index (χ2v) is 5.51. The van der Waals surface area contributed by atoms with Crippen molar-refractivity contribution in [3.8, 4) is 11.8 Å². The van der Waals surface area contributed by atoms with Crippen LogP contribution in [0.4, 0.5) is 0 Å². The number of rotatable bonds is 2. The van der Waals surface area contributed by atoms with Gasteiger partial charge in [0, 0.05) is 17.3 Å². The maximum absolute atomic E-state index is 11.7. The molecule has 0 aliphatic carbocycles. The topological polar surface area (TPSA) is 66.2 Å². The predicted molar refractivity (Wildman–Crippen MR) is 93.7 cm³/mol. The van der Waals surface area contributed by atoms with Crippen LogP contribution in [0.5, 0.6) is 0 Å². The van der Waals surface area contributed by atoms with Gasteiger partial charge in [-0.25, -0.2) is 15.0 Å². The van der Waals surface area contributed by atoms with Crippen molar-refractivity contribution in [3.63, 3.8) is 0 Å². The molecule has 0 spiro atoms. The van der Waals surface area contributed by atoms with Crippen molar-refractivity contribution >= 4 is 24.3 Å². The standard InChI is InChI=1S/C18H18N4O/c1-13(10-11-14-8-6-5-7-9-14)12-20-15(19-4)16-21-17(23)18(2,3)22-16/h5-9,12H,4H2,1-3H3,(H,21,22,23)/b13-12+,20-15?. The number of aliphatic imine (C=N–C) groups is 3. The lowest BCUT2D eigenvalue weighted by Crippen LogP contribution is -2.36. The van der Waals surface area contributed by atoms with Crippen molar-refractivity contribution in [2.45, 2.75) is 26.3 Å². The molecule has 0 saturated heterocycles. The Morgan fingerprint density at radius 3 is 2.61 bits per heavy atom. The molecule has 0 bridgehead atoms. The number of hydrogen-bond donors (Lipinski definition) is 1. The first-order chi connectivity index (χ1) is 10.9. The fraction of sp³-hybridized carbons (Fsp3) is 0.222. The van der Waals surface area contributed by atoms with Crippen LogP contribution >= 0.6 is 0 Å². The second-order valence-electron chi connectivity index (χ2n) is 5.51. The molecular formula is C18H18N4O. The molecule has 116 valence electrons. The number of nitrogens with zero attached hydrogens (tertiary/aromatic N) is 3. The average Bonchev–Trinajstić information content (AvgIpc) is 2.80. The van der Waals surface area contributed by atoms with Gasteiger partial charge in [0.15, 0.2) is 11.7 Å². The predicted octanol–water partition coefficient (Wildman–Crippen LogP) is 2.35. The summed E-state index contributed by atoms with van der Waals surface area (Å²) in [4.78, 5) is 24.0. The Labute approximate surface area is 136 Å². The number of benzene rings is 1. The maximum Gasteiger partial charge on any atom is 0.253 e. The summed E-state index contributed by atoms with van der Waals surface area (Å²) in [7, 11) is 0. The number of nitrogens with one attached hydrogen (secondary N) is 1. The number of amides is 1. The van der Waals surface area contributed by atoms with E-state index < -0.39 is 5.54 Å². The zero-order chi connectivity index (χ0) is 16.9. The molecule has 5 heteroatoms. The lowest BCUT2D eigenvalue weighted by Gasteiger charge is -2.07. The van der Waals surface area contributed by atoms with Crippen LogP contribution in [0, 0.1) is 11.8 Å². The Hall–Kier alpha value is -3.00. The van der Waals surface area contributed by atoms with Gasteiger partial charge in [0.25, 0.3) is 5.91 Å². The van der Waals surface area contributed by atoms with Gasteiger partial charge in [0.2, 0.25) is 0 Å². The highest BCUT2D eigenvalue weighted by Gasteiger charge is 2.35. The normalized spacial score (nSPS) is 17.0. The van der Waals surface area contributed by atoms with Crippen molar-refractivity contribution in [1.29, 1.82) is 0 Å². The fourth-order valence-corrected chi connectivity index (χ4v) is 1.78. The maximum atomic E-state index is 11.7. The number of carbonyl (C=O) groups excluding carboxylic acids is 1. The highest BCUT2D eigenvalue weighted by atomic mass is 16.2. The largest absolute Gasteiger partial charge is 0.306 e. The first-order valence-electron chi connectivity index (χ1n) is 7.12. The van der Waals surface area contributed by atoms with E-state index in [2.05, 4.69) is 38.9 Å². The Bertz CT molecular complexity index is 774. The number of hydrogen-bond acceptors (Lipinski definition) is 3. The summed E-state index contributed by atoms with van der Waals surface area (Å²) < 4.78 is 0. The molecule has 0 unspecified atom stereocenters. The van der Waals surface area contributed by atoms with Crippen molar-refractivity contribution in [2.75, 3.05) is 0 Å². The summed E-state index contributed by atoms with van der Waals surface area (Å²) in [5.41, 5.74) is 0.881. The molecule has 1 aromatic carbocycles. The van der Waals surface area contributed by atoms with Crippen LogP contribution < -0.4 is 5.32 Å². The first kappa shape index (κ1) is 16.4. The molecule has 0 saturated carbocycles. The van der Waals surface area contributed by atoms with Crippen molar-refractivity contribution in [3.05, 3.63) is 47.7 Å². The van der Waals surface area contributed by atoms with E-state index in [9.17, 15) is 4.79 Å². The first-order valence-corrected chi connectivity index (χ1v) is 7.12. The van der Waals surface area contributed by atoms with Crippen molar-refractivity contribution in [2.24, 2.45) is 15.0 Å². The van der Waals surface area contributed by atoms with E-state index in [0.717, 1.165) is 11.1 Å². The van der Waals surface area contributed by atoms with Gasteiger partial charge in [-0.05, 0) is 39.6 Å². The van der Waals surface area contributed by atoms with Gasteiger partial charge in [-0.2, -0.15) is 0 Å². The van der Waals surface area contributed by atoms with Crippen LogP contribution in [0.1, 0.15) is 26.3 Å². The van der Waals surface area contributed by atoms with E-state index in [1.807, 2.05) is 37.3 Å². The molecule has 1 aromatic rings. The second kappa shape index (κ2) is 6.84. The third-order valence-corrected chi connectivity index (χ3v) is 3.10. The van der Waals surface area contributed by atoms with Crippen LogP contribution in [-0.2, 0) is 4.79 Å². The molecule has 1 aliphatic rings. The molecule has 5 nitrogen and oxygen atoms in total. The van der Waals surface area contributed by atoms with Gasteiger partial charge in [-0.15, -0.1) is 0 Å². The molecule has 0 aromatic heterocycles. The van der Waals surface area contributed by atoms with E-state index in [-0.39, 0.29) is 11.7 Å². The van der Waals surface area contributed by atoms with Gasteiger partial charge < -0.3 is 5.32 Å². The van der Waals surface area contributed by atoms with Crippen LogP contribution in [0.15, 0.2) is 57.1 Å². The Balaban J connectivity index is 2.18. The zero-order valence-electron chi connectivity index (χ0n) is 13.4. The number of amidine groups is 2. The molecule has 2 rings (SSSR count). The number of carbonyl (C=O) groups is 1. The third kappa shape index (κ3) is 4.24. The minimum atomic E-state index is -0.813. The van der Waals surface area contributed by atoms with Crippen LogP contribution in [0.3, 0.4) is 0 Å². The minimum absolute atomic E-state index is 0.187. The van der Waals surface area contributed by atoms with Gasteiger partial charge in [-0.3, -0.25) is 4.79 Å². The molecule has 1 N–H and O–H groups in total. The van der Waals surface area contributed by atoms with Crippen molar-refractivity contribution in [1.82, 2.24) is 5.32 Å². The molecule has 23 heavy (non-hydrogen) atoms. The summed E-state index contributed by atoms with van der Waals surface area (Å²) in [6, 6.07) is 9.68. The molecule has 0 atom stereocenters. The molecule has 1 aliphatic heterocycles. The quantitative estimate of drug-likeness (QED) is 0.509. The van der Waals surface area contributed by atoms with Gasteiger partial charge in [-0.1, -0.05) is 30.0 Å². The SMILES string of the molecule is C=NC(=N/C=C(\C)C#Cc1ccccc1)C1=NC(C)(C)C(=O)N1. The molecule has 1 heterocycles. The Kier molecular flexibility index (Phi) is 4.87. The van der Waals surface area contributed by atoms with E-state index in [1.165, 1.54) is 0 Å². The highest BCUT2D eigenvalue weighted by Crippen LogP contribution is 2.15. The zero-order valence-corrected chi connectivity index (χ0v) is 13.4. The summed E-state index contributed by atoms with van der Waals surface area (Å²) in [5, 5.41) is 2.66. The smallest absolute Gasteiger partial charge is 0.253 e.